The molecule has 2 unspecified atom stereocenters. The number of fused-ring (bicyclic) bond motifs is 1. The van der Waals surface area contributed by atoms with E-state index in [9.17, 15) is 4.79 Å². The standard InChI is InChI=1S/C9H11N.C3H7N3O.C2H6/c1-10-7-6-8-4-2-3-5-9(8)10;1-2(7)6-3(4)5;1-2/h2-9H,1H3;1H3,(H4,4,5,6,7);1-2H3. The third-order valence-corrected chi connectivity index (χ3v) is 2.45. The lowest BCUT2D eigenvalue weighted by Crippen LogP contribution is -2.26. The van der Waals surface area contributed by atoms with Crippen LogP contribution in [0.15, 0.2) is 41.6 Å². The third-order valence-electron chi connectivity index (χ3n) is 2.45. The van der Waals surface area contributed by atoms with E-state index >= 15 is 0 Å². The zero-order chi connectivity index (χ0) is 14.8. The first-order valence-corrected chi connectivity index (χ1v) is 6.36. The molecule has 1 aliphatic carbocycles. The van der Waals surface area contributed by atoms with Gasteiger partial charge in [-0.05, 0) is 6.20 Å². The van der Waals surface area contributed by atoms with E-state index in [0.29, 0.717) is 12.0 Å². The third kappa shape index (κ3) is 6.45. The van der Waals surface area contributed by atoms with Gasteiger partial charge in [0, 0.05) is 19.9 Å². The maximum Gasteiger partial charge on any atom is 0.245 e. The van der Waals surface area contributed by atoms with Gasteiger partial charge in [-0.2, -0.15) is 4.99 Å². The molecule has 19 heavy (non-hydrogen) atoms. The topological polar surface area (TPSA) is 84.7 Å². The maximum atomic E-state index is 9.91. The van der Waals surface area contributed by atoms with E-state index in [4.69, 9.17) is 11.5 Å². The summed E-state index contributed by atoms with van der Waals surface area (Å²) in [7, 11) is 2.12. The summed E-state index contributed by atoms with van der Waals surface area (Å²) in [6.07, 6.45) is 13.1. The predicted octanol–water partition coefficient (Wildman–Crippen LogP) is 1.39. The van der Waals surface area contributed by atoms with Crippen LogP contribution in [-0.4, -0.2) is 29.9 Å². The van der Waals surface area contributed by atoms with Gasteiger partial charge in [0.15, 0.2) is 5.96 Å². The zero-order valence-electron chi connectivity index (χ0n) is 12.1. The van der Waals surface area contributed by atoms with Crippen molar-refractivity contribution >= 4 is 11.9 Å². The van der Waals surface area contributed by atoms with Gasteiger partial charge in [0.25, 0.3) is 0 Å². The number of rotatable bonds is 0. The Hall–Kier alpha value is -2.04. The molecule has 4 N–H and O–H groups in total. The average Bonchev–Trinajstić information content (AvgIpc) is 2.73. The fourth-order valence-electron chi connectivity index (χ4n) is 1.71. The summed E-state index contributed by atoms with van der Waals surface area (Å²) in [6.45, 7) is 5.28. The van der Waals surface area contributed by atoms with Crippen molar-refractivity contribution in [3.8, 4) is 0 Å². The van der Waals surface area contributed by atoms with Crippen LogP contribution in [-0.2, 0) is 4.79 Å². The summed E-state index contributed by atoms with van der Waals surface area (Å²) < 4.78 is 0. The molecule has 0 aromatic heterocycles. The zero-order valence-corrected chi connectivity index (χ0v) is 12.1. The molecule has 1 heterocycles. The van der Waals surface area contributed by atoms with Crippen LogP contribution in [0.4, 0.5) is 0 Å². The van der Waals surface area contributed by atoms with E-state index < -0.39 is 0 Å². The summed E-state index contributed by atoms with van der Waals surface area (Å²) >= 11 is 0. The van der Waals surface area contributed by atoms with E-state index in [1.165, 1.54) is 6.92 Å². The highest BCUT2D eigenvalue weighted by atomic mass is 16.1. The van der Waals surface area contributed by atoms with Crippen molar-refractivity contribution in [2.75, 3.05) is 7.05 Å². The minimum Gasteiger partial charge on any atom is -0.373 e. The fraction of sp³-hybridized carbons (Fsp3) is 0.429. The molecule has 106 valence electrons. The second kappa shape index (κ2) is 8.97. The second-order valence-electron chi connectivity index (χ2n) is 3.90. The average molecular weight is 264 g/mol. The number of carbonyl (C=O) groups excluding carboxylic acids is 1. The summed E-state index contributed by atoms with van der Waals surface area (Å²) in [4.78, 5) is 15.3. The highest BCUT2D eigenvalue weighted by molar-refractivity contribution is 5.90. The maximum absolute atomic E-state index is 9.91. The lowest BCUT2D eigenvalue weighted by atomic mass is 9.97. The van der Waals surface area contributed by atoms with Gasteiger partial charge in [-0.3, -0.25) is 4.79 Å². The minimum absolute atomic E-state index is 0.187. The van der Waals surface area contributed by atoms with Crippen LogP contribution in [0.2, 0.25) is 0 Å². The highest BCUT2D eigenvalue weighted by Crippen LogP contribution is 2.24. The number of amides is 1. The van der Waals surface area contributed by atoms with Crippen LogP contribution >= 0.6 is 0 Å². The molecule has 0 spiro atoms. The molecule has 0 saturated heterocycles. The van der Waals surface area contributed by atoms with E-state index in [2.05, 4.69) is 53.5 Å². The lowest BCUT2D eigenvalue weighted by Gasteiger charge is -2.22. The lowest BCUT2D eigenvalue weighted by molar-refractivity contribution is -0.115. The Balaban J connectivity index is 0.000000321. The Morgan fingerprint density at radius 2 is 1.74 bits per heavy atom. The predicted molar refractivity (Wildman–Crippen MR) is 80.3 cm³/mol. The molecule has 0 radical (unpaired) electrons. The van der Waals surface area contributed by atoms with Crippen molar-refractivity contribution in [2.24, 2.45) is 22.4 Å². The van der Waals surface area contributed by atoms with Gasteiger partial charge in [-0.15, -0.1) is 0 Å². The van der Waals surface area contributed by atoms with Gasteiger partial charge in [-0.1, -0.05) is 44.2 Å². The Bertz CT molecular complexity index is 392. The number of hydrogen-bond donors (Lipinski definition) is 2. The molecule has 1 aliphatic heterocycles. The summed E-state index contributed by atoms with van der Waals surface area (Å²) in [5.74, 6) is 0.0579. The first-order valence-electron chi connectivity index (χ1n) is 6.36. The number of allylic oxidation sites excluding steroid dienone is 2. The van der Waals surface area contributed by atoms with Crippen LogP contribution < -0.4 is 11.5 Å². The normalized spacial score (nSPS) is 21.6. The van der Waals surface area contributed by atoms with Gasteiger partial charge in [0.1, 0.15) is 0 Å². The number of likely N-dealkylation sites (N-methyl/N-ethyl adjacent to an activating group) is 1. The first-order chi connectivity index (χ1) is 9.00. The van der Waals surface area contributed by atoms with Crippen LogP contribution in [0.5, 0.6) is 0 Å². The molecule has 0 aromatic rings. The van der Waals surface area contributed by atoms with Crippen molar-refractivity contribution < 1.29 is 4.79 Å². The molecule has 5 heteroatoms. The summed E-state index contributed by atoms with van der Waals surface area (Å²) in [5, 5.41) is 0. The molecular formula is C14H24N4O. The second-order valence-corrected chi connectivity index (χ2v) is 3.90. The number of nitrogens with zero attached hydrogens (tertiary/aromatic N) is 2. The molecule has 2 atom stereocenters. The highest BCUT2D eigenvalue weighted by Gasteiger charge is 2.22. The van der Waals surface area contributed by atoms with Gasteiger partial charge in [0.2, 0.25) is 5.91 Å². The van der Waals surface area contributed by atoms with Gasteiger partial charge < -0.3 is 16.4 Å². The Labute approximate surface area is 115 Å². The SMILES string of the molecule is CC.CC(=O)N=C(N)N.CN1C=CC2C=CC=CC21. The molecule has 0 aromatic carbocycles. The number of carbonyl (C=O) groups is 1. The van der Waals surface area contributed by atoms with Gasteiger partial charge in [0.05, 0.1) is 6.04 Å². The number of guanidine groups is 1. The number of hydrogen-bond acceptors (Lipinski definition) is 2. The molecule has 0 saturated carbocycles. The van der Waals surface area contributed by atoms with E-state index in [-0.39, 0.29) is 11.9 Å². The quantitative estimate of drug-likeness (QED) is 0.511. The Morgan fingerprint density at radius 1 is 1.16 bits per heavy atom. The van der Waals surface area contributed by atoms with Crippen LogP contribution in [0.1, 0.15) is 20.8 Å². The monoisotopic (exact) mass is 264 g/mol. The Morgan fingerprint density at radius 3 is 2.16 bits per heavy atom. The smallest absolute Gasteiger partial charge is 0.245 e. The minimum atomic E-state index is -0.375. The van der Waals surface area contributed by atoms with Crippen molar-refractivity contribution in [1.82, 2.24) is 4.90 Å². The largest absolute Gasteiger partial charge is 0.373 e. The summed E-state index contributed by atoms with van der Waals surface area (Å²) in [6, 6.07) is 0.588. The number of aliphatic imine (C=N–C) groups is 1. The van der Waals surface area contributed by atoms with Crippen LogP contribution in [0, 0.1) is 5.92 Å². The van der Waals surface area contributed by atoms with Crippen molar-refractivity contribution in [1.29, 1.82) is 0 Å². The van der Waals surface area contributed by atoms with Crippen molar-refractivity contribution in [2.45, 2.75) is 26.8 Å². The molecule has 0 fully saturated rings. The van der Waals surface area contributed by atoms with Crippen LogP contribution in [0.3, 0.4) is 0 Å². The Kier molecular flexibility index (Phi) is 8.00. The van der Waals surface area contributed by atoms with E-state index in [1.807, 2.05) is 13.8 Å². The van der Waals surface area contributed by atoms with Gasteiger partial charge in [-0.25, -0.2) is 0 Å². The van der Waals surface area contributed by atoms with Crippen molar-refractivity contribution in [3.63, 3.8) is 0 Å². The molecule has 2 aliphatic rings. The van der Waals surface area contributed by atoms with E-state index in [0.717, 1.165) is 0 Å². The van der Waals surface area contributed by atoms with Gasteiger partial charge >= 0.3 is 0 Å². The van der Waals surface area contributed by atoms with E-state index in [1.54, 1.807) is 0 Å². The molecule has 5 nitrogen and oxygen atoms in total. The van der Waals surface area contributed by atoms with Crippen molar-refractivity contribution in [3.05, 3.63) is 36.6 Å². The molecule has 1 amide bonds. The number of nitrogens with two attached hydrogens (primary N) is 2. The summed E-state index contributed by atoms with van der Waals surface area (Å²) in [5.41, 5.74) is 9.60. The van der Waals surface area contributed by atoms with Crippen LogP contribution in [0.25, 0.3) is 0 Å². The molecule has 2 rings (SSSR count). The first kappa shape index (κ1) is 17.0. The fourth-order valence-corrected chi connectivity index (χ4v) is 1.71. The molecular weight excluding hydrogens is 240 g/mol. The molecule has 0 bridgehead atoms.